The van der Waals surface area contributed by atoms with Gasteiger partial charge in [-0.3, -0.25) is 10.1 Å². The van der Waals surface area contributed by atoms with E-state index in [0.717, 1.165) is 6.54 Å². The summed E-state index contributed by atoms with van der Waals surface area (Å²) < 4.78 is 0. The summed E-state index contributed by atoms with van der Waals surface area (Å²) in [6, 6.07) is 1.96. The Morgan fingerprint density at radius 3 is 2.90 bits per heavy atom. The third-order valence-corrected chi connectivity index (χ3v) is 3.94. The van der Waals surface area contributed by atoms with Crippen molar-refractivity contribution in [3.63, 3.8) is 0 Å². The van der Waals surface area contributed by atoms with E-state index >= 15 is 0 Å². The lowest BCUT2D eigenvalue weighted by Crippen LogP contribution is -2.33. The maximum absolute atomic E-state index is 10.9. The molecule has 0 bridgehead atoms. The zero-order valence-electron chi connectivity index (χ0n) is 11.5. The summed E-state index contributed by atoms with van der Waals surface area (Å²) in [7, 11) is 2.10. The van der Waals surface area contributed by atoms with Crippen LogP contribution in [-0.2, 0) is 0 Å². The van der Waals surface area contributed by atoms with Crippen molar-refractivity contribution in [3.8, 4) is 0 Å². The minimum atomic E-state index is -0.470. The van der Waals surface area contributed by atoms with Crippen LogP contribution in [0.3, 0.4) is 0 Å². The largest absolute Gasteiger partial charge is 0.363 e. The lowest BCUT2D eigenvalue weighted by Gasteiger charge is -2.23. The van der Waals surface area contributed by atoms with Gasteiger partial charge in [-0.15, -0.1) is 0 Å². The molecule has 0 aliphatic heterocycles. The number of nitrogens with one attached hydrogen (secondary N) is 1. The van der Waals surface area contributed by atoms with Crippen molar-refractivity contribution in [2.45, 2.75) is 31.7 Å². The van der Waals surface area contributed by atoms with E-state index in [4.69, 9.17) is 11.6 Å². The maximum atomic E-state index is 10.9. The molecule has 1 fully saturated rings. The molecule has 110 valence electrons. The summed E-state index contributed by atoms with van der Waals surface area (Å²) >= 11 is 5.73. The summed E-state index contributed by atoms with van der Waals surface area (Å²) in [6.45, 7) is 1.47. The number of hydrogen-bond acceptors (Lipinski definition) is 5. The number of rotatable bonds is 6. The van der Waals surface area contributed by atoms with Gasteiger partial charge in [-0.2, -0.15) is 0 Å². The lowest BCUT2D eigenvalue weighted by molar-refractivity contribution is -0.384. The smallest absolute Gasteiger partial charge is 0.312 e. The summed E-state index contributed by atoms with van der Waals surface area (Å²) in [5.74, 6) is 0.277. The molecule has 0 aromatic carbocycles. The molecule has 1 aliphatic carbocycles. The molecular weight excluding hydrogens is 280 g/mol. The van der Waals surface area contributed by atoms with Gasteiger partial charge in [0.1, 0.15) is 0 Å². The standard InChI is InChI=1S/C13H19ClN4O2/c1-17(11-4-2-3-5-11)7-6-15-13-12(18(19)20)8-10(14)9-16-13/h8-9,11H,2-7H2,1H3,(H,15,16). The Bertz CT molecular complexity index is 477. The van der Waals surface area contributed by atoms with Crippen LogP contribution in [-0.4, -0.2) is 41.0 Å². The van der Waals surface area contributed by atoms with Gasteiger partial charge in [0, 0.05) is 31.4 Å². The normalized spacial score (nSPS) is 15.8. The molecule has 1 heterocycles. The highest BCUT2D eigenvalue weighted by Crippen LogP contribution is 2.25. The zero-order chi connectivity index (χ0) is 14.5. The molecule has 1 saturated carbocycles. The van der Waals surface area contributed by atoms with Crippen molar-refractivity contribution < 1.29 is 4.92 Å². The second-order valence-electron chi connectivity index (χ2n) is 5.12. The second kappa shape index (κ2) is 6.85. The summed E-state index contributed by atoms with van der Waals surface area (Å²) in [5.41, 5.74) is -0.0824. The van der Waals surface area contributed by atoms with E-state index in [-0.39, 0.29) is 16.5 Å². The highest BCUT2D eigenvalue weighted by Gasteiger charge is 2.20. The molecule has 0 amide bonds. The van der Waals surface area contributed by atoms with Crippen LogP contribution < -0.4 is 5.32 Å². The summed E-state index contributed by atoms with van der Waals surface area (Å²) in [6.07, 6.45) is 6.50. The number of halogens is 1. The van der Waals surface area contributed by atoms with Gasteiger partial charge in [-0.25, -0.2) is 4.98 Å². The summed E-state index contributed by atoms with van der Waals surface area (Å²) in [5, 5.41) is 14.2. The fourth-order valence-corrected chi connectivity index (χ4v) is 2.73. The lowest BCUT2D eigenvalue weighted by atomic mass is 10.2. The molecule has 0 spiro atoms. The molecule has 0 unspecified atom stereocenters. The van der Waals surface area contributed by atoms with Crippen LogP contribution in [0.1, 0.15) is 25.7 Å². The highest BCUT2D eigenvalue weighted by atomic mass is 35.5. The molecule has 20 heavy (non-hydrogen) atoms. The van der Waals surface area contributed by atoms with Crippen molar-refractivity contribution in [2.75, 3.05) is 25.5 Å². The van der Waals surface area contributed by atoms with Crippen molar-refractivity contribution in [2.24, 2.45) is 0 Å². The van der Waals surface area contributed by atoms with Gasteiger partial charge < -0.3 is 10.2 Å². The Hall–Kier alpha value is -1.40. The Balaban J connectivity index is 1.89. The molecule has 7 heteroatoms. The van der Waals surface area contributed by atoms with Gasteiger partial charge in [-0.1, -0.05) is 24.4 Å². The Kier molecular flexibility index (Phi) is 5.14. The Morgan fingerprint density at radius 1 is 1.55 bits per heavy atom. The quantitative estimate of drug-likeness (QED) is 0.646. The first-order valence-corrected chi connectivity index (χ1v) is 7.20. The molecule has 6 nitrogen and oxygen atoms in total. The van der Waals surface area contributed by atoms with Crippen molar-refractivity contribution in [1.82, 2.24) is 9.88 Å². The van der Waals surface area contributed by atoms with Gasteiger partial charge in [0.25, 0.3) is 0 Å². The number of hydrogen-bond donors (Lipinski definition) is 1. The number of likely N-dealkylation sites (N-methyl/N-ethyl adjacent to an activating group) is 1. The van der Waals surface area contributed by atoms with Crippen molar-refractivity contribution >= 4 is 23.1 Å². The minimum Gasteiger partial charge on any atom is -0.363 e. The molecule has 2 rings (SSSR count). The van der Waals surface area contributed by atoms with E-state index in [0.29, 0.717) is 12.6 Å². The average molecular weight is 299 g/mol. The SMILES string of the molecule is CN(CCNc1ncc(Cl)cc1[N+](=O)[O-])C1CCCC1. The second-order valence-corrected chi connectivity index (χ2v) is 5.56. The van der Waals surface area contributed by atoms with Gasteiger partial charge in [-0.05, 0) is 19.9 Å². The van der Waals surface area contributed by atoms with E-state index in [1.807, 2.05) is 0 Å². The first-order valence-electron chi connectivity index (χ1n) is 6.82. The predicted molar refractivity (Wildman–Crippen MR) is 79.3 cm³/mol. The molecule has 0 saturated heterocycles. The molecule has 0 atom stereocenters. The number of anilines is 1. The Morgan fingerprint density at radius 2 is 2.25 bits per heavy atom. The van der Waals surface area contributed by atoms with E-state index in [1.54, 1.807) is 0 Å². The molecule has 0 radical (unpaired) electrons. The third kappa shape index (κ3) is 3.80. The van der Waals surface area contributed by atoms with Crippen LogP contribution in [0.15, 0.2) is 12.3 Å². The number of nitro groups is 1. The fourth-order valence-electron chi connectivity index (χ4n) is 2.58. The number of nitrogens with zero attached hydrogens (tertiary/aromatic N) is 3. The molecular formula is C13H19ClN4O2. The molecule has 1 N–H and O–H groups in total. The van der Waals surface area contributed by atoms with Gasteiger partial charge in [0.2, 0.25) is 5.82 Å². The zero-order valence-corrected chi connectivity index (χ0v) is 12.3. The van der Waals surface area contributed by atoms with Crippen LogP contribution in [0.2, 0.25) is 5.02 Å². The van der Waals surface area contributed by atoms with Crippen molar-refractivity contribution in [1.29, 1.82) is 0 Å². The first kappa shape index (κ1) is 15.0. The van der Waals surface area contributed by atoms with E-state index < -0.39 is 4.92 Å². The molecule has 1 aromatic heterocycles. The van der Waals surface area contributed by atoms with Crippen LogP contribution in [0.5, 0.6) is 0 Å². The van der Waals surface area contributed by atoms with Crippen LogP contribution >= 0.6 is 11.6 Å². The predicted octanol–water partition coefficient (Wildman–Crippen LogP) is 2.93. The molecule has 1 aromatic rings. The van der Waals surface area contributed by atoms with E-state index in [9.17, 15) is 10.1 Å². The summed E-state index contributed by atoms with van der Waals surface area (Å²) in [4.78, 5) is 16.8. The van der Waals surface area contributed by atoms with Gasteiger partial charge >= 0.3 is 5.69 Å². The van der Waals surface area contributed by atoms with E-state index in [1.165, 1.54) is 37.9 Å². The maximum Gasteiger partial charge on any atom is 0.312 e. The minimum absolute atomic E-state index is 0.0824. The first-order chi connectivity index (χ1) is 9.58. The molecule has 1 aliphatic rings. The van der Waals surface area contributed by atoms with Gasteiger partial charge in [0.15, 0.2) is 0 Å². The Labute approximate surface area is 123 Å². The van der Waals surface area contributed by atoms with Crippen LogP contribution in [0.25, 0.3) is 0 Å². The highest BCUT2D eigenvalue weighted by molar-refractivity contribution is 6.30. The monoisotopic (exact) mass is 298 g/mol. The van der Waals surface area contributed by atoms with Gasteiger partial charge in [0.05, 0.1) is 9.95 Å². The van der Waals surface area contributed by atoms with Crippen molar-refractivity contribution in [3.05, 3.63) is 27.4 Å². The fraction of sp³-hybridized carbons (Fsp3) is 0.615. The number of aromatic nitrogens is 1. The average Bonchev–Trinajstić information content (AvgIpc) is 2.94. The number of pyridine rings is 1. The topological polar surface area (TPSA) is 71.3 Å². The van der Waals surface area contributed by atoms with Crippen LogP contribution in [0, 0.1) is 10.1 Å². The van der Waals surface area contributed by atoms with E-state index in [2.05, 4.69) is 22.2 Å². The van der Waals surface area contributed by atoms with Crippen LogP contribution in [0.4, 0.5) is 11.5 Å². The third-order valence-electron chi connectivity index (χ3n) is 3.74.